The van der Waals surface area contributed by atoms with Crippen LogP contribution in [0.3, 0.4) is 0 Å². The molecule has 1 saturated heterocycles. The molecule has 6 nitrogen and oxygen atoms in total. The summed E-state index contributed by atoms with van der Waals surface area (Å²) in [7, 11) is 1.58. The minimum absolute atomic E-state index is 0.0448. The van der Waals surface area contributed by atoms with E-state index in [4.69, 9.17) is 16.3 Å². The number of hydrogen-bond acceptors (Lipinski definition) is 5. The second-order valence-corrected chi connectivity index (χ2v) is 6.81. The molecule has 138 valence electrons. The largest absolute Gasteiger partial charge is 0.495 e. The molecule has 0 bridgehead atoms. The van der Waals surface area contributed by atoms with E-state index in [0.717, 1.165) is 31.5 Å². The zero-order valence-electron chi connectivity index (χ0n) is 15.1. The van der Waals surface area contributed by atoms with Crippen LogP contribution in [-0.4, -0.2) is 41.0 Å². The number of carbonyl (C=O) groups excluding carboxylic acids is 1. The van der Waals surface area contributed by atoms with Gasteiger partial charge in [-0.2, -0.15) is 0 Å². The Labute approximate surface area is 158 Å². The Balaban J connectivity index is 1.81. The molecular formula is C19H23ClN4O2. The Kier molecular flexibility index (Phi) is 5.93. The summed E-state index contributed by atoms with van der Waals surface area (Å²) in [6, 6.07) is 5.27. The topological polar surface area (TPSA) is 67.3 Å². The van der Waals surface area contributed by atoms with Gasteiger partial charge in [0.05, 0.1) is 12.8 Å². The number of benzene rings is 1. The monoisotopic (exact) mass is 374 g/mol. The third-order valence-corrected chi connectivity index (χ3v) is 4.90. The average Bonchev–Trinajstić information content (AvgIpc) is 2.93. The molecule has 2 heterocycles. The lowest BCUT2D eigenvalue weighted by Gasteiger charge is -2.20. The number of nitrogens with zero attached hydrogens (tertiary/aromatic N) is 3. The van der Waals surface area contributed by atoms with E-state index in [1.54, 1.807) is 25.4 Å². The number of hydrogen-bond donors (Lipinski definition) is 1. The first-order valence-electron chi connectivity index (χ1n) is 8.82. The van der Waals surface area contributed by atoms with Crippen LogP contribution in [0.15, 0.2) is 24.4 Å². The van der Waals surface area contributed by atoms with Gasteiger partial charge in [0.2, 0.25) is 5.95 Å². The molecule has 2 aromatic rings. The maximum absolute atomic E-state index is 12.7. The second-order valence-electron chi connectivity index (χ2n) is 6.40. The van der Waals surface area contributed by atoms with Crippen molar-refractivity contribution in [2.75, 3.05) is 25.5 Å². The van der Waals surface area contributed by atoms with Gasteiger partial charge in [-0.3, -0.25) is 4.79 Å². The molecule has 7 heteroatoms. The Bertz CT molecular complexity index is 789. The van der Waals surface area contributed by atoms with E-state index in [9.17, 15) is 4.79 Å². The average molecular weight is 375 g/mol. The summed E-state index contributed by atoms with van der Waals surface area (Å²) < 4.78 is 5.36. The Morgan fingerprint density at radius 2 is 1.96 bits per heavy atom. The fourth-order valence-corrected chi connectivity index (χ4v) is 3.18. The number of ether oxygens (including phenoxy) is 1. The molecule has 0 spiro atoms. The molecule has 3 rings (SSSR count). The van der Waals surface area contributed by atoms with E-state index in [-0.39, 0.29) is 5.91 Å². The molecule has 0 radical (unpaired) electrons. The number of nitrogens with one attached hydrogen (secondary N) is 1. The minimum Gasteiger partial charge on any atom is -0.495 e. The van der Waals surface area contributed by atoms with Crippen LogP contribution in [0.25, 0.3) is 0 Å². The van der Waals surface area contributed by atoms with Crippen molar-refractivity contribution in [1.82, 2.24) is 14.9 Å². The van der Waals surface area contributed by atoms with Gasteiger partial charge in [-0.25, -0.2) is 9.97 Å². The van der Waals surface area contributed by atoms with Crippen molar-refractivity contribution in [3.63, 3.8) is 0 Å². The zero-order chi connectivity index (χ0) is 18.5. The SMILES string of the molecule is COc1cc(Cl)c(C)cc1Nc1nccc(C(=O)N2CCCCCC2)n1. The van der Waals surface area contributed by atoms with Crippen LogP contribution in [0.4, 0.5) is 11.6 Å². The van der Waals surface area contributed by atoms with Crippen LogP contribution in [0.2, 0.25) is 5.02 Å². The molecular weight excluding hydrogens is 352 g/mol. The molecule has 0 atom stereocenters. The van der Waals surface area contributed by atoms with Gasteiger partial charge >= 0.3 is 0 Å². The number of carbonyl (C=O) groups is 1. The Hall–Kier alpha value is -2.34. The van der Waals surface area contributed by atoms with Crippen LogP contribution >= 0.6 is 11.6 Å². The van der Waals surface area contributed by atoms with Crippen LogP contribution in [0.5, 0.6) is 5.75 Å². The highest BCUT2D eigenvalue weighted by Gasteiger charge is 2.19. The maximum atomic E-state index is 12.7. The lowest BCUT2D eigenvalue weighted by Crippen LogP contribution is -2.32. The molecule has 1 aromatic carbocycles. The predicted octanol–water partition coefficient (Wildman–Crippen LogP) is 4.21. The highest BCUT2D eigenvalue weighted by Crippen LogP contribution is 2.32. The van der Waals surface area contributed by atoms with Crippen LogP contribution in [0.1, 0.15) is 41.7 Å². The van der Waals surface area contributed by atoms with Gasteiger partial charge < -0.3 is 15.0 Å². The molecule has 1 N–H and O–H groups in total. The van der Waals surface area contributed by atoms with Crippen LogP contribution < -0.4 is 10.1 Å². The highest BCUT2D eigenvalue weighted by molar-refractivity contribution is 6.31. The zero-order valence-corrected chi connectivity index (χ0v) is 15.8. The summed E-state index contributed by atoms with van der Waals surface area (Å²) in [6.07, 6.45) is 6.04. The van der Waals surface area contributed by atoms with E-state index >= 15 is 0 Å². The van der Waals surface area contributed by atoms with E-state index in [1.807, 2.05) is 17.9 Å². The van der Waals surface area contributed by atoms with Gasteiger partial charge in [-0.05, 0) is 37.5 Å². The first-order valence-corrected chi connectivity index (χ1v) is 9.20. The van der Waals surface area contributed by atoms with E-state index in [1.165, 1.54) is 12.8 Å². The number of methoxy groups -OCH3 is 1. The molecule has 0 aliphatic carbocycles. The number of rotatable bonds is 4. The normalized spacial score (nSPS) is 14.7. The van der Waals surface area contributed by atoms with Gasteiger partial charge in [-0.15, -0.1) is 0 Å². The smallest absolute Gasteiger partial charge is 0.272 e. The number of aromatic nitrogens is 2. The van der Waals surface area contributed by atoms with Crippen molar-refractivity contribution >= 4 is 29.1 Å². The molecule has 1 amide bonds. The molecule has 26 heavy (non-hydrogen) atoms. The fourth-order valence-electron chi connectivity index (χ4n) is 3.02. The van der Waals surface area contributed by atoms with Crippen molar-refractivity contribution in [3.05, 3.63) is 40.7 Å². The summed E-state index contributed by atoms with van der Waals surface area (Å²) >= 11 is 6.14. The molecule has 0 unspecified atom stereocenters. The van der Waals surface area contributed by atoms with Crippen LogP contribution in [-0.2, 0) is 0 Å². The van der Waals surface area contributed by atoms with Gasteiger partial charge in [-0.1, -0.05) is 24.4 Å². The van der Waals surface area contributed by atoms with Gasteiger partial charge in [0, 0.05) is 30.4 Å². The van der Waals surface area contributed by atoms with Gasteiger partial charge in [0.1, 0.15) is 11.4 Å². The Morgan fingerprint density at radius 3 is 2.65 bits per heavy atom. The standard InChI is InChI=1S/C19H23ClN4O2/c1-13-11-16(17(26-2)12-14(13)20)23-19-21-8-7-15(22-19)18(25)24-9-5-3-4-6-10-24/h7-8,11-12H,3-6,9-10H2,1-2H3,(H,21,22,23). The third kappa shape index (κ3) is 4.25. The number of likely N-dealkylation sites (tertiary alicyclic amines) is 1. The number of anilines is 2. The molecule has 1 aliphatic heterocycles. The van der Waals surface area contributed by atoms with Crippen molar-refractivity contribution in [3.8, 4) is 5.75 Å². The molecule has 0 saturated carbocycles. The number of amides is 1. The molecule has 1 aliphatic rings. The Morgan fingerprint density at radius 1 is 1.23 bits per heavy atom. The second kappa shape index (κ2) is 8.36. The van der Waals surface area contributed by atoms with Crippen molar-refractivity contribution < 1.29 is 9.53 Å². The van der Waals surface area contributed by atoms with Gasteiger partial charge in [0.15, 0.2) is 0 Å². The first kappa shape index (κ1) is 18.5. The van der Waals surface area contributed by atoms with E-state index in [0.29, 0.717) is 28.1 Å². The van der Waals surface area contributed by atoms with Crippen molar-refractivity contribution in [1.29, 1.82) is 0 Å². The third-order valence-electron chi connectivity index (χ3n) is 4.50. The summed E-state index contributed by atoms with van der Waals surface area (Å²) in [6.45, 7) is 3.48. The summed E-state index contributed by atoms with van der Waals surface area (Å²) in [5.74, 6) is 0.899. The lowest BCUT2D eigenvalue weighted by molar-refractivity contribution is 0.0755. The van der Waals surface area contributed by atoms with Gasteiger partial charge in [0.25, 0.3) is 5.91 Å². The van der Waals surface area contributed by atoms with Crippen molar-refractivity contribution in [2.45, 2.75) is 32.6 Å². The molecule has 1 fully saturated rings. The fraction of sp³-hybridized carbons (Fsp3) is 0.421. The lowest BCUT2D eigenvalue weighted by atomic mass is 10.2. The predicted molar refractivity (Wildman–Crippen MR) is 102 cm³/mol. The molecule has 1 aromatic heterocycles. The first-order chi connectivity index (χ1) is 12.6. The highest BCUT2D eigenvalue weighted by atomic mass is 35.5. The minimum atomic E-state index is -0.0448. The van der Waals surface area contributed by atoms with E-state index < -0.39 is 0 Å². The number of aryl methyl sites for hydroxylation is 1. The summed E-state index contributed by atoms with van der Waals surface area (Å²) in [4.78, 5) is 23.3. The summed E-state index contributed by atoms with van der Waals surface area (Å²) in [5.41, 5.74) is 2.01. The van der Waals surface area contributed by atoms with Crippen LogP contribution in [0, 0.1) is 6.92 Å². The van der Waals surface area contributed by atoms with Crippen molar-refractivity contribution in [2.24, 2.45) is 0 Å². The van der Waals surface area contributed by atoms with E-state index in [2.05, 4.69) is 15.3 Å². The summed E-state index contributed by atoms with van der Waals surface area (Å²) in [5, 5.41) is 3.75. The quantitative estimate of drug-likeness (QED) is 0.868. The number of halogens is 1. The maximum Gasteiger partial charge on any atom is 0.272 e.